The van der Waals surface area contributed by atoms with Crippen molar-refractivity contribution >= 4 is 6.03 Å². The van der Waals surface area contributed by atoms with Gasteiger partial charge in [0.05, 0.1) is 6.10 Å². The summed E-state index contributed by atoms with van der Waals surface area (Å²) in [7, 11) is 0. The largest absolute Gasteiger partial charge is 0.393 e. The Kier molecular flexibility index (Phi) is 2.60. The highest BCUT2D eigenvalue weighted by Crippen LogP contribution is 2.36. The van der Waals surface area contributed by atoms with E-state index in [1.165, 1.54) is 0 Å². The van der Waals surface area contributed by atoms with Gasteiger partial charge in [-0.05, 0) is 31.1 Å². The summed E-state index contributed by atoms with van der Waals surface area (Å²) >= 11 is 0. The van der Waals surface area contributed by atoms with E-state index in [2.05, 4.69) is 5.43 Å². The number of amides is 2. The molecule has 2 fully saturated rings. The molecule has 0 aromatic carbocycles. The molecule has 1 saturated heterocycles. The summed E-state index contributed by atoms with van der Waals surface area (Å²) in [6, 6.07) is -0.200. The lowest BCUT2D eigenvalue weighted by atomic mass is 9.80. The van der Waals surface area contributed by atoms with Crippen LogP contribution in [0.15, 0.2) is 0 Å². The SMILES string of the molecule is NNC(=O)N1CC2CCC(O)CC2C1. The molecule has 0 radical (unpaired) electrons. The van der Waals surface area contributed by atoms with Crippen LogP contribution in [-0.2, 0) is 0 Å². The van der Waals surface area contributed by atoms with Crippen molar-refractivity contribution in [3.63, 3.8) is 0 Å². The summed E-state index contributed by atoms with van der Waals surface area (Å²) in [6.45, 7) is 1.53. The summed E-state index contributed by atoms with van der Waals surface area (Å²) in [5.74, 6) is 6.11. The van der Waals surface area contributed by atoms with Gasteiger partial charge in [0.15, 0.2) is 0 Å². The second-order valence-corrected chi connectivity index (χ2v) is 4.34. The molecular formula is C9H17N3O2. The molecule has 0 bridgehead atoms. The van der Waals surface area contributed by atoms with Gasteiger partial charge in [0.25, 0.3) is 0 Å². The fourth-order valence-electron chi connectivity index (χ4n) is 2.66. The summed E-state index contributed by atoms with van der Waals surface area (Å²) in [6.07, 6.45) is 2.57. The molecule has 5 heteroatoms. The normalized spacial score (nSPS) is 36.7. The highest BCUT2D eigenvalue weighted by atomic mass is 16.3. The molecule has 2 aliphatic rings. The van der Waals surface area contributed by atoms with Crippen molar-refractivity contribution in [2.24, 2.45) is 17.7 Å². The molecule has 2 amide bonds. The number of aliphatic hydroxyl groups excluding tert-OH is 1. The van der Waals surface area contributed by atoms with E-state index < -0.39 is 0 Å². The van der Waals surface area contributed by atoms with E-state index in [1.54, 1.807) is 4.90 Å². The van der Waals surface area contributed by atoms with E-state index in [-0.39, 0.29) is 12.1 Å². The molecule has 0 aromatic heterocycles. The van der Waals surface area contributed by atoms with Crippen LogP contribution in [0.4, 0.5) is 4.79 Å². The third-order valence-electron chi connectivity index (χ3n) is 3.43. The third-order valence-corrected chi connectivity index (χ3v) is 3.43. The van der Waals surface area contributed by atoms with Crippen molar-refractivity contribution in [1.29, 1.82) is 0 Å². The Morgan fingerprint density at radius 3 is 2.79 bits per heavy atom. The molecule has 4 N–H and O–H groups in total. The minimum atomic E-state index is -0.200. The van der Waals surface area contributed by atoms with Crippen LogP contribution >= 0.6 is 0 Å². The van der Waals surface area contributed by atoms with Crippen LogP contribution in [0.5, 0.6) is 0 Å². The molecule has 3 atom stereocenters. The van der Waals surface area contributed by atoms with Crippen LogP contribution in [0.2, 0.25) is 0 Å². The van der Waals surface area contributed by atoms with Gasteiger partial charge in [-0.25, -0.2) is 10.6 Å². The van der Waals surface area contributed by atoms with Crippen LogP contribution < -0.4 is 11.3 Å². The van der Waals surface area contributed by atoms with Crippen LogP contribution in [-0.4, -0.2) is 35.2 Å². The van der Waals surface area contributed by atoms with Crippen molar-refractivity contribution in [3.05, 3.63) is 0 Å². The Morgan fingerprint density at radius 2 is 2.07 bits per heavy atom. The molecule has 14 heavy (non-hydrogen) atoms. The predicted molar refractivity (Wildman–Crippen MR) is 51.1 cm³/mol. The first-order valence-corrected chi connectivity index (χ1v) is 5.14. The van der Waals surface area contributed by atoms with Gasteiger partial charge in [-0.3, -0.25) is 5.43 Å². The van der Waals surface area contributed by atoms with E-state index in [0.717, 1.165) is 32.4 Å². The highest BCUT2D eigenvalue weighted by molar-refractivity contribution is 5.73. The monoisotopic (exact) mass is 199 g/mol. The Labute approximate surface area is 83.2 Å². The van der Waals surface area contributed by atoms with Crippen molar-refractivity contribution in [1.82, 2.24) is 10.3 Å². The maximum absolute atomic E-state index is 11.3. The molecule has 0 spiro atoms. The van der Waals surface area contributed by atoms with E-state index >= 15 is 0 Å². The number of hydrogen-bond acceptors (Lipinski definition) is 3. The Morgan fingerprint density at radius 1 is 1.36 bits per heavy atom. The van der Waals surface area contributed by atoms with Gasteiger partial charge in [0, 0.05) is 13.1 Å². The third kappa shape index (κ3) is 1.69. The smallest absolute Gasteiger partial charge is 0.331 e. The highest BCUT2D eigenvalue weighted by Gasteiger charge is 2.38. The lowest BCUT2D eigenvalue weighted by Crippen LogP contribution is -2.42. The fourth-order valence-corrected chi connectivity index (χ4v) is 2.66. The van der Waals surface area contributed by atoms with Gasteiger partial charge < -0.3 is 10.0 Å². The summed E-state index contributed by atoms with van der Waals surface area (Å²) in [5.41, 5.74) is 2.15. The zero-order valence-electron chi connectivity index (χ0n) is 8.15. The molecule has 80 valence electrons. The van der Waals surface area contributed by atoms with Crippen molar-refractivity contribution in [3.8, 4) is 0 Å². The minimum Gasteiger partial charge on any atom is -0.393 e. The maximum Gasteiger partial charge on any atom is 0.331 e. The van der Waals surface area contributed by atoms with Gasteiger partial charge in [-0.15, -0.1) is 0 Å². The van der Waals surface area contributed by atoms with Crippen LogP contribution in [0.25, 0.3) is 0 Å². The lowest BCUT2D eigenvalue weighted by Gasteiger charge is -2.27. The van der Waals surface area contributed by atoms with Crippen LogP contribution in [0.1, 0.15) is 19.3 Å². The maximum atomic E-state index is 11.3. The Balaban J connectivity index is 1.95. The number of urea groups is 1. The molecule has 1 aliphatic heterocycles. The van der Waals surface area contributed by atoms with Gasteiger partial charge in [-0.1, -0.05) is 0 Å². The quantitative estimate of drug-likeness (QED) is 0.284. The zero-order valence-corrected chi connectivity index (χ0v) is 8.15. The standard InChI is InChI=1S/C9H17N3O2/c10-11-9(14)12-4-6-1-2-8(13)3-7(6)5-12/h6-8,13H,1-5,10H2,(H,11,14). The van der Waals surface area contributed by atoms with Crippen LogP contribution in [0.3, 0.4) is 0 Å². The second-order valence-electron chi connectivity index (χ2n) is 4.34. The van der Waals surface area contributed by atoms with Gasteiger partial charge in [0.1, 0.15) is 0 Å². The number of carbonyl (C=O) groups excluding carboxylic acids is 1. The average molecular weight is 199 g/mol. The van der Waals surface area contributed by atoms with Gasteiger partial charge >= 0.3 is 6.03 Å². The number of aliphatic hydroxyl groups is 1. The summed E-state index contributed by atoms with van der Waals surface area (Å²) < 4.78 is 0. The van der Waals surface area contributed by atoms with Crippen molar-refractivity contribution in [2.45, 2.75) is 25.4 Å². The number of nitrogens with zero attached hydrogens (tertiary/aromatic N) is 1. The summed E-state index contributed by atoms with van der Waals surface area (Å²) in [4.78, 5) is 13.0. The van der Waals surface area contributed by atoms with Gasteiger partial charge in [0.2, 0.25) is 0 Å². The van der Waals surface area contributed by atoms with Crippen LogP contribution in [0, 0.1) is 11.8 Å². The first kappa shape index (κ1) is 9.73. The molecule has 1 heterocycles. The van der Waals surface area contributed by atoms with E-state index in [4.69, 9.17) is 5.84 Å². The van der Waals surface area contributed by atoms with E-state index in [0.29, 0.717) is 11.8 Å². The second kappa shape index (κ2) is 3.74. The molecule has 1 aliphatic carbocycles. The molecule has 5 nitrogen and oxygen atoms in total. The lowest BCUT2D eigenvalue weighted by molar-refractivity contribution is 0.0866. The number of hydrogen-bond donors (Lipinski definition) is 3. The number of fused-ring (bicyclic) bond motifs is 1. The van der Waals surface area contributed by atoms with Crippen molar-refractivity contribution < 1.29 is 9.90 Å². The predicted octanol–water partition coefficient (Wildman–Crippen LogP) is -0.338. The van der Waals surface area contributed by atoms with Gasteiger partial charge in [-0.2, -0.15) is 0 Å². The van der Waals surface area contributed by atoms with E-state index in [1.807, 2.05) is 0 Å². The Hall–Kier alpha value is -0.810. The molecule has 2 rings (SSSR count). The molecule has 1 saturated carbocycles. The molecule has 0 aromatic rings. The number of rotatable bonds is 0. The Bertz CT molecular complexity index is 234. The number of likely N-dealkylation sites (tertiary alicyclic amines) is 1. The number of hydrazine groups is 1. The van der Waals surface area contributed by atoms with E-state index in [9.17, 15) is 9.90 Å². The average Bonchev–Trinajstić information content (AvgIpc) is 2.59. The number of nitrogens with one attached hydrogen (secondary N) is 1. The first-order valence-electron chi connectivity index (χ1n) is 5.14. The summed E-state index contributed by atoms with van der Waals surface area (Å²) in [5, 5.41) is 9.49. The number of nitrogens with two attached hydrogens (primary N) is 1. The minimum absolute atomic E-state index is 0.169. The molecule has 3 unspecified atom stereocenters. The van der Waals surface area contributed by atoms with Crippen molar-refractivity contribution in [2.75, 3.05) is 13.1 Å². The fraction of sp³-hybridized carbons (Fsp3) is 0.889. The number of carbonyl (C=O) groups is 1. The first-order chi connectivity index (χ1) is 6.70. The topological polar surface area (TPSA) is 78.6 Å². The molecular weight excluding hydrogens is 182 g/mol. The zero-order chi connectivity index (χ0) is 10.1.